The van der Waals surface area contributed by atoms with E-state index in [1.807, 2.05) is 54.6 Å². The first-order chi connectivity index (χ1) is 15.8. The van der Waals surface area contributed by atoms with Gasteiger partial charge in [0.25, 0.3) is 0 Å². The number of rotatable bonds is 6. The van der Waals surface area contributed by atoms with Crippen molar-refractivity contribution in [3.05, 3.63) is 144 Å². The monoisotopic (exact) mass is 502 g/mol. The van der Waals surface area contributed by atoms with E-state index in [0.717, 1.165) is 16.5 Å². The van der Waals surface area contributed by atoms with Crippen molar-refractivity contribution in [1.29, 1.82) is 0 Å². The summed E-state index contributed by atoms with van der Waals surface area (Å²) in [6.45, 7) is 8.89. The third-order valence-electron chi connectivity index (χ3n) is 6.00. The molecule has 0 atom stereocenters. The molecule has 4 aromatic carbocycles. The van der Waals surface area contributed by atoms with Crippen LogP contribution < -0.4 is 13.2 Å². The first-order valence-electron chi connectivity index (χ1n) is 10.6. The van der Waals surface area contributed by atoms with Crippen LogP contribution in [0.5, 0.6) is 0 Å². The molecule has 0 unspecified atom stereocenters. The van der Waals surface area contributed by atoms with Gasteiger partial charge in [-0.3, -0.25) is 0 Å². The molecule has 164 valence electrons. The molecule has 4 rings (SSSR count). The predicted octanol–water partition coefficient (Wildman–Crippen LogP) is 5.98. The van der Waals surface area contributed by atoms with Gasteiger partial charge in [0.15, 0.2) is 0 Å². The summed E-state index contributed by atoms with van der Waals surface area (Å²) in [5.41, 5.74) is 0.637. The van der Waals surface area contributed by atoms with Crippen molar-refractivity contribution in [2.75, 3.05) is 0 Å². The SMILES string of the molecule is C=C([C](=C)[Ge]([c]1ccccc1)([c]1ccccc1)[c]1ccccc1)c1ccc(C(F)(F)F)cc1. The number of hydrogen-bond donors (Lipinski definition) is 0. The van der Waals surface area contributed by atoms with Crippen LogP contribution in [0.1, 0.15) is 11.1 Å². The summed E-state index contributed by atoms with van der Waals surface area (Å²) in [6, 6.07) is 36.1. The van der Waals surface area contributed by atoms with Crippen LogP contribution in [0.25, 0.3) is 5.57 Å². The van der Waals surface area contributed by atoms with Crippen molar-refractivity contribution in [1.82, 2.24) is 0 Å². The summed E-state index contributed by atoms with van der Waals surface area (Å²) >= 11 is -3.56. The Morgan fingerprint density at radius 3 is 1.24 bits per heavy atom. The zero-order valence-electron chi connectivity index (χ0n) is 18.0. The first-order valence-corrected chi connectivity index (χ1v) is 14.8. The maximum atomic E-state index is 13.1. The van der Waals surface area contributed by atoms with E-state index in [1.54, 1.807) is 0 Å². The third kappa shape index (κ3) is 4.33. The van der Waals surface area contributed by atoms with Gasteiger partial charge in [0.05, 0.1) is 0 Å². The number of benzene rings is 4. The molecule has 0 nitrogen and oxygen atoms in total. The molecule has 0 aliphatic rings. The molecule has 0 aromatic heterocycles. The van der Waals surface area contributed by atoms with Gasteiger partial charge < -0.3 is 0 Å². The Bertz CT molecular complexity index is 1150. The molecule has 0 saturated carbocycles. The molecular formula is C29H23F3Ge. The second-order valence-electron chi connectivity index (χ2n) is 7.88. The van der Waals surface area contributed by atoms with Crippen LogP contribution in [0.3, 0.4) is 0 Å². The van der Waals surface area contributed by atoms with Gasteiger partial charge in [0, 0.05) is 0 Å². The number of alkyl halides is 3. The Hall–Kier alpha value is -3.31. The van der Waals surface area contributed by atoms with Crippen molar-refractivity contribution in [3.8, 4) is 0 Å². The van der Waals surface area contributed by atoms with Crippen molar-refractivity contribution >= 4 is 32.0 Å². The van der Waals surface area contributed by atoms with Gasteiger partial charge in [-0.1, -0.05) is 0 Å². The van der Waals surface area contributed by atoms with E-state index in [4.69, 9.17) is 0 Å². The summed E-state index contributed by atoms with van der Waals surface area (Å²) in [6.07, 6.45) is -4.38. The molecule has 0 aliphatic heterocycles. The molecule has 0 fully saturated rings. The van der Waals surface area contributed by atoms with Gasteiger partial charge in [-0.25, -0.2) is 0 Å². The minimum atomic E-state index is -4.38. The molecule has 0 N–H and O–H groups in total. The normalized spacial score (nSPS) is 11.7. The standard InChI is InChI=1S/C29H23F3Ge/c1-22(24-18-20-25(21-19-24)29(30,31)32)23(2)33(26-12-6-3-7-13-26,27-14-8-4-9-15-27)28-16-10-5-11-17-28/h3-21H,1-2H2. The van der Waals surface area contributed by atoms with Crippen molar-refractivity contribution in [2.24, 2.45) is 0 Å². The first kappa shape index (κ1) is 22.9. The predicted molar refractivity (Wildman–Crippen MR) is 134 cm³/mol. The van der Waals surface area contributed by atoms with E-state index in [9.17, 15) is 13.2 Å². The fourth-order valence-electron chi connectivity index (χ4n) is 4.35. The Labute approximate surface area is 195 Å². The topological polar surface area (TPSA) is 0 Å². The molecule has 0 aliphatic carbocycles. The molecule has 0 heterocycles. The van der Waals surface area contributed by atoms with Crippen LogP contribution in [0.4, 0.5) is 13.2 Å². The van der Waals surface area contributed by atoms with E-state index in [1.165, 1.54) is 25.3 Å². The summed E-state index contributed by atoms with van der Waals surface area (Å²) in [5.74, 6) is 0. The van der Waals surface area contributed by atoms with Crippen LogP contribution in [-0.2, 0) is 6.18 Å². The van der Waals surface area contributed by atoms with E-state index < -0.39 is 25.0 Å². The van der Waals surface area contributed by atoms with Crippen LogP contribution in [-0.4, -0.2) is 13.3 Å². The molecule has 0 spiro atoms. The molecular weight excluding hydrogens is 478 g/mol. The zero-order chi connectivity index (χ0) is 23.5. The number of halogens is 3. The van der Waals surface area contributed by atoms with Crippen molar-refractivity contribution in [2.45, 2.75) is 6.18 Å². The van der Waals surface area contributed by atoms with E-state index in [0.29, 0.717) is 11.1 Å². The molecule has 0 bridgehead atoms. The maximum absolute atomic E-state index is 13.1. The van der Waals surface area contributed by atoms with Gasteiger partial charge in [0.1, 0.15) is 0 Å². The molecule has 4 heteroatoms. The van der Waals surface area contributed by atoms with Crippen LogP contribution in [0.15, 0.2) is 133 Å². The third-order valence-corrected chi connectivity index (χ3v) is 16.1. The average molecular weight is 501 g/mol. The van der Waals surface area contributed by atoms with Crippen LogP contribution in [0.2, 0.25) is 0 Å². The Kier molecular flexibility index (Phi) is 6.43. The molecule has 33 heavy (non-hydrogen) atoms. The second kappa shape index (κ2) is 9.28. The molecule has 0 saturated heterocycles. The summed E-state index contributed by atoms with van der Waals surface area (Å²) in [4.78, 5) is 0. The molecule has 4 aromatic rings. The van der Waals surface area contributed by atoms with Crippen molar-refractivity contribution < 1.29 is 13.2 Å². The van der Waals surface area contributed by atoms with Crippen molar-refractivity contribution in [3.63, 3.8) is 0 Å². The summed E-state index contributed by atoms with van der Waals surface area (Å²) in [5, 5.41) is 0. The van der Waals surface area contributed by atoms with Gasteiger partial charge in [-0.2, -0.15) is 0 Å². The fraction of sp³-hybridized carbons (Fsp3) is 0.0345. The molecule has 0 amide bonds. The zero-order valence-corrected chi connectivity index (χ0v) is 20.1. The van der Waals surface area contributed by atoms with E-state index in [2.05, 4.69) is 49.6 Å². The Balaban J connectivity index is 1.93. The van der Waals surface area contributed by atoms with Gasteiger partial charge >= 0.3 is 195 Å². The fourth-order valence-corrected chi connectivity index (χ4v) is 14.3. The average Bonchev–Trinajstić information content (AvgIpc) is 2.85. The number of allylic oxidation sites excluding steroid dienone is 2. The summed E-state index contributed by atoms with van der Waals surface area (Å²) < 4.78 is 43.8. The Morgan fingerprint density at radius 2 is 0.909 bits per heavy atom. The quantitative estimate of drug-likeness (QED) is 0.225. The van der Waals surface area contributed by atoms with Gasteiger partial charge in [-0.15, -0.1) is 0 Å². The number of hydrogen-bond acceptors (Lipinski definition) is 0. The van der Waals surface area contributed by atoms with Crippen LogP contribution in [0, 0.1) is 0 Å². The van der Waals surface area contributed by atoms with Crippen LogP contribution >= 0.6 is 0 Å². The molecule has 0 radical (unpaired) electrons. The minimum absolute atomic E-state index is 0.644. The summed E-state index contributed by atoms with van der Waals surface area (Å²) in [7, 11) is 0. The Morgan fingerprint density at radius 1 is 0.545 bits per heavy atom. The van der Waals surface area contributed by atoms with E-state index in [-0.39, 0.29) is 0 Å². The van der Waals surface area contributed by atoms with E-state index >= 15 is 0 Å². The van der Waals surface area contributed by atoms with Gasteiger partial charge in [-0.05, 0) is 0 Å². The van der Waals surface area contributed by atoms with Gasteiger partial charge in [0.2, 0.25) is 0 Å². The second-order valence-corrected chi connectivity index (χ2v) is 15.9.